The molecular formula is C15H19F2NOS. The van der Waals surface area contributed by atoms with Crippen molar-refractivity contribution in [2.24, 2.45) is 0 Å². The van der Waals surface area contributed by atoms with E-state index >= 15 is 0 Å². The summed E-state index contributed by atoms with van der Waals surface area (Å²) in [6, 6.07) is 6.80. The minimum Gasteiger partial charge on any atom is -0.336 e. The molecule has 0 aliphatic heterocycles. The summed E-state index contributed by atoms with van der Waals surface area (Å²) >= 11 is 0.500. The van der Waals surface area contributed by atoms with Crippen molar-refractivity contribution in [3.05, 3.63) is 29.8 Å². The molecule has 1 aliphatic rings. The van der Waals surface area contributed by atoms with Crippen LogP contribution in [0.2, 0.25) is 0 Å². The third-order valence-corrected chi connectivity index (χ3v) is 4.42. The topological polar surface area (TPSA) is 20.3 Å². The zero-order valence-electron chi connectivity index (χ0n) is 11.5. The predicted molar refractivity (Wildman–Crippen MR) is 77.3 cm³/mol. The van der Waals surface area contributed by atoms with Gasteiger partial charge in [-0.3, -0.25) is 4.79 Å². The fraction of sp³-hybridized carbons (Fsp3) is 0.533. The van der Waals surface area contributed by atoms with E-state index < -0.39 is 5.76 Å². The Labute approximate surface area is 122 Å². The standard InChI is InChI=1S/C15H19F2NOS/c1-2-18(12-5-3-4-6-12)14(19)11-7-9-13(10-8-11)20-15(16)17/h7-10,12,15H,2-6H2,1H3. The molecule has 1 aliphatic carbocycles. The second-order valence-electron chi connectivity index (χ2n) is 4.93. The Morgan fingerprint density at radius 1 is 1.30 bits per heavy atom. The van der Waals surface area contributed by atoms with Crippen LogP contribution in [0.15, 0.2) is 29.2 Å². The molecule has 0 aromatic heterocycles. The molecule has 2 nitrogen and oxygen atoms in total. The van der Waals surface area contributed by atoms with Gasteiger partial charge in [0.1, 0.15) is 0 Å². The predicted octanol–water partition coefficient (Wildman–Crippen LogP) is 4.41. The van der Waals surface area contributed by atoms with Gasteiger partial charge in [-0.2, -0.15) is 8.78 Å². The van der Waals surface area contributed by atoms with Gasteiger partial charge in [-0.25, -0.2) is 0 Å². The summed E-state index contributed by atoms with van der Waals surface area (Å²) in [4.78, 5) is 14.9. The van der Waals surface area contributed by atoms with Crippen LogP contribution in [0.4, 0.5) is 8.78 Å². The average molecular weight is 299 g/mol. The van der Waals surface area contributed by atoms with Crippen molar-refractivity contribution in [1.29, 1.82) is 0 Å². The van der Waals surface area contributed by atoms with Crippen molar-refractivity contribution in [1.82, 2.24) is 4.90 Å². The van der Waals surface area contributed by atoms with Crippen molar-refractivity contribution in [2.45, 2.75) is 49.3 Å². The van der Waals surface area contributed by atoms with Crippen LogP contribution < -0.4 is 0 Å². The molecule has 20 heavy (non-hydrogen) atoms. The molecule has 1 saturated carbocycles. The lowest BCUT2D eigenvalue weighted by Crippen LogP contribution is -2.38. The second-order valence-corrected chi connectivity index (χ2v) is 6.00. The number of amides is 1. The fourth-order valence-corrected chi connectivity index (χ4v) is 3.23. The molecule has 0 spiro atoms. The largest absolute Gasteiger partial charge is 0.336 e. The minimum atomic E-state index is -2.43. The second kappa shape index (κ2) is 7.07. The Bertz CT molecular complexity index is 444. The van der Waals surface area contributed by atoms with Crippen LogP contribution in [0.5, 0.6) is 0 Å². The quantitative estimate of drug-likeness (QED) is 0.751. The molecule has 2 rings (SSSR count). The van der Waals surface area contributed by atoms with Crippen LogP contribution in [0.3, 0.4) is 0 Å². The molecule has 0 unspecified atom stereocenters. The Morgan fingerprint density at radius 3 is 2.40 bits per heavy atom. The fourth-order valence-electron chi connectivity index (χ4n) is 2.73. The smallest absolute Gasteiger partial charge is 0.288 e. The van der Waals surface area contributed by atoms with Crippen LogP contribution >= 0.6 is 11.8 Å². The third-order valence-electron chi connectivity index (χ3n) is 3.69. The molecule has 0 N–H and O–H groups in total. The lowest BCUT2D eigenvalue weighted by Gasteiger charge is -2.27. The molecule has 0 atom stereocenters. The number of nitrogens with zero attached hydrogens (tertiary/aromatic N) is 1. The number of halogens is 2. The summed E-state index contributed by atoms with van der Waals surface area (Å²) < 4.78 is 24.5. The highest BCUT2D eigenvalue weighted by molar-refractivity contribution is 7.99. The van der Waals surface area contributed by atoms with Gasteiger partial charge in [-0.1, -0.05) is 24.6 Å². The van der Waals surface area contributed by atoms with Gasteiger partial charge in [0.15, 0.2) is 0 Å². The van der Waals surface area contributed by atoms with Crippen LogP contribution in [-0.4, -0.2) is 29.2 Å². The molecule has 0 radical (unpaired) electrons. The lowest BCUT2D eigenvalue weighted by atomic mass is 10.1. The van der Waals surface area contributed by atoms with E-state index in [-0.39, 0.29) is 5.91 Å². The van der Waals surface area contributed by atoms with Gasteiger partial charge in [0.05, 0.1) is 0 Å². The van der Waals surface area contributed by atoms with Crippen molar-refractivity contribution in [3.8, 4) is 0 Å². The maximum atomic E-state index is 12.5. The van der Waals surface area contributed by atoms with Gasteiger partial charge in [0.2, 0.25) is 0 Å². The molecule has 0 saturated heterocycles. The van der Waals surface area contributed by atoms with E-state index in [4.69, 9.17) is 0 Å². The van der Waals surface area contributed by atoms with Crippen molar-refractivity contribution in [2.75, 3.05) is 6.54 Å². The molecule has 1 amide bonds. The first-order valence-corrected chi connectivity index (χ1v) is 7.85. The zero-order chi connectivity index (χ0) is 14.5. The number of hydrogen-bond acceptors (Lipinski definition) is 2. The molecule has 5 heteroatoms. The Morgan fingerprint density at radius 2 is 1.90 bits per heavy atom. The monoisotopic (exact) mass is 299 g/mol. The molecular weight excluding hydrogens is 280 g/mol. The first-order chi connectivity index (χ1) is 9.61. The molecule has 110 valence electrons. The summed E-state index contributed by atoms with van der Waals surface area (Å²) in [6.45, 7) is 2.67. The minimum absolute atomic E-state index is 0.00740. The number of alkyl halides is 2. The third kappa shape index (κ3) is 3.72. The van der Waals surface area contributed by atoms with Crippen LogP contribution in [0.25, 0.3) is 0 Å². The highest BCUT2D eigenvalue weighted by Gasteiger charge is 2.26. The van der Waals surface area contributed by atoms with Crippen molar-refractivity contribution in [3.63, 3.8) is 0 Å². The van der Waals surface area contributed by atoms with Gasteiger partial charge >= 0.3 is 0 Å². The summed E-state index contributed by atoms with van der Waals surface area (Å²) in [5.74, 6) is -2.42. The Kier molecular flexibility index (Phi) is 5.40. The number of hydrogen-bond donors (Lipinski definition) is 0. The first-order valence-electron chi connectivity index (χ1n) is 6.97. The van der Waals surface area contributed by atoms with E-state index in [1.165, 1.54) is 12.8 Å². The molecule has 1 fully saturated rings. The Balaban J connectivity index is 2.07. The van der Waals surface area contributed by atoms with Gasteiger partial charge in [-0.05, 0) is 44.0 Å². The summed E-state index contributed by atoms with van der Waals surface area (Å²) in [5.41, 5.74) is 0.581. The van der Waals surface area contributed by atoms with E-state index in [0.29, 0.717) is 34.8 Å². The van der Waals surface area contributed by atoms with Crippen LogP contribution in [-0.2, 0) is 0 Å². The van der Waals surface area contributed by atoms with Gasteiger partial charge in [0.25, 0.3) is 11.7 Å². The van der Waals surface area contributed by atoms with E-state index in [9.17, 15) is 13.6 Å². The maximum Gasteiger partial charge on any atom is 0.288 e. The summed E-state index contributed by atoms with van der Waals surface area (Å²) in [5, 5.41) is 0. The molecule has 0 heterocycles. The molecule has 0 bridgehead atoms. The maximum absolute atomic E-state index is 12.5. The van der Waals surface area contributed by atoms with Gasteiger partial charge < -0.3 is 4.90 Å². The van der Waals surface area contributed by atoms with Crippen LogP contribution in [0, 0.1) is 0 Å². The SMILES string of the molecule is CCN(C(=O)c1ccc(SC(F)F)cc1)C1CCCC1. The number of rotatable bonds is 5. The van der Waals surface area contributed by atoms with Crippen molar-refractivity contribution < 1.29 is 13.6 Å². The molecule has 1 aromatic rings. The highest BCUT2D eigenvalue weighted by atomic mass is 32.2. The number of carbonyl (C=O) groups is 1. The number of benzene rings is 1. The summed E-state index contributed by atoms with van der Waals surface area (Å²) in [7, 11) is 0. The summed E-state index contributed by atoms with van der Waals surface area (Å²) in [6.07, 6.45) is 4.49. The average Bonchev–Trinajstić information content (AvgIpc) is 2.93. The number of thioether (sulfide) groups is 1. The van der Waals surface area contributed by atoms with E-state index in [1.807, 2.05) is 11.8 Å². The first kappa shape index (κ1) is 15.3. The zero-order valence-corrected chi connectivity index (χ0v) is 12.3. The normalized spacial score (nSPS) is 15.8. The molecule has 1 aromatic carbocycles. The van der Waals surface area contributed by atoms with Crippen LogP contribution in [0.1, 0.15) is 43.0 Å². The van der Waals surface area contributed by atoms with Crippen molar-refractivity contribution >= 4 is 17.7 Å². The van der Waals surface area contributed by atoms with Gasteiger partial charge in [0, 0.05) is 23.0 Å². The van der Waals surface area contributed by atoms with Gasteiger partial charge in [-0.15, -0.1) is 0 Å². The number of carbonyl (C=O) groups excluding carboxylic acids is 1. The van der Waals surface area contributed by atoms with E-state index in [2.05, 4.69) is 0 Å². The Hall–Kier alpha value is -1.10. The lowest BCUT2D eigenvalue weighted by molar-refractivity contribution is 0.0693. The highest BCUT2D eigenvalue weighted by Crippen LogP contribution is 2.27. The van der Waals surface area contributed by atoms with E-state index in [0.717, 1.165) is 12.8 Å². The van der Waals surface area contributed by atoms with E-state index in [1.54, 1.807) is 24.3 Å².